The van der Waals surface area contributed by atoms with Crippen molar-refractivity contribution in [3.8, 4) is 0 Å². The van der Waals surface area contributed by atoms with Crippen molar-refractivity contribution in [1.29, 1.82) is 0 Å². The number of benzene rings is 2. The fraction of sp³-hybridized carbons (Fsp3) is 0.625. The molecule has 0 spiro atoms. The number of piperidine rings is 1. The topological polar surface area (TPSA) is 120 Å². The summed E-state index contributed by atoms with van der Waals surface area (Å²) in [4.78, 5) is 41.8. The van der Waals surface area contributed by atoms with Gasteiger partial charge in [0.05, 0.1) is 24.9 Å². The number of nitrogens with zero attached hydrogens (tertiary/aromatic N) is 2. The third kappa shape index (κ3) is 9.07. The first kappa shape index (κ1) is 39.2. The highest BCUT2D eigenvalue weighted by Crippen LogP contribution is 2.44. The van der Waals surface area contributed by atoms with Crippen LogP contribution in [0, 0.1) is 11.8 Å². The molecule has 6 rings (SSSR count). The maximum Gasteiger partial charge on any atom is 0.471 e. The maximum absolute atomic E-state index is 13.8. The molecule has 10 nitrogen and oxygen atoms in total. The number of aliphatic hydroxyl groups excluding tert-OH is 1. The Labute approximate surface area is 309 Å². The van der Waals surface area contributed by atoms with Gasteiger partial charge in [0.1, 0.15) is 6.04 Å². The van der Waals surface area contributed by atoms with Gasteiger partial charge in [0, 0.05) is 41.8 Å². The molecule has 53 heavy (non-hydrogen) atoms. The molecule has 2 aromatic carbocycles. The molecule has 8 atom stereocenters. The molecule has 290 valence electrons. The Morgan fingerprint density at radius 2 is 1.51 bits per heavy atom. The van der Waals surface area contributed by atoms with Gasteiger partial charge in [-0.25, -0.2) is 0 Å². The molecule has 0 radical (unpaired) electrons. The number of fused-ring (bicyclic) bond motifs is 1. The molecule has 3 heterocycles. The second kappa shape index (κ2) is 16.1. The van der Waals surface area contributed by atoms with Crippen molar-refractivity contribution in [3.63, 3.8) is 0 Å². The van der Waals surface area contributed by atoms with Crippen molar-refractivity contribution >= 4 is 23.4 Å². The third-order valence-corrected chi connectivity index (χ3v) is 11.3. The fourth-order valence-corrected chi connectivity index (χ4v) is 8.66. The van der Waals surface area contributed by atoms with Crippen LogP contribution in [0.2, 0.25) is 0 Å². The van der Waals surface area contributed by atoms with E-state index in [-0.39, 0.29) is 61.2 Å². The quantitative estimate of drug-likeness (QED) is 0.287. The molecular formula is C40H53F3N4O6. The molecule has 3 aliphatic heterocycles. The second-order valence-corrected chi connectivity index (χ2v) is 16.2. The number of hydrogen-bond donors (Lipinski definition) is 3. The van der Waals surface area contributed by atoms with Crippen molar-refractivity contribution in [3.05, 3.63) is 65.2 Å². The lowest BCUT2D eigenvalue weighted by Crippen LogP contribution is -2.61. The van der Waals surface area contributed by atoms with E-state index in [1.54, 1.807) is 24.3 Å². The number of anilines is 1. The SMILES string of the molecule is C[C@H]1[C@@H](CN2[C@@H](C(=O)NC(C)(C)C)CC[C@H]3CCCC[C@H]32)O[C@@H](c2ccc(NC(=O)[C@@H]3CCCN3C(=O)C(F)(F)F)cc2)O[C@H]1c1ccc(CO)cc1. The van der Waals surface area contributed by atoms with Crippen LogP contribution in [-0.2, 0) is 30.5 Å². The van der Waals surface area contributed by atoms with Gasteiger partial charge < -0.3 is 30.1 Å². The first-order chi connectivity index (χ1) is 25.1. The zero-order valence-corrected chi connectivity index (χ0v) is 31.0. The maximum atomic E-state index is 13.8. The summed E-state index contributed by atoms with van der Waals surface area (Å²) >= 11 is 0. The number of halogens is 3. The standard InChI is InChI=1S/C40H53F3N4O6/c1-24-33(22-47-30-9-6-5-8-26(30)17-20-32(47)36(50)45-39(2,3)4)52-37(53-34(24)27-13-11-25(23-48)12-14-27)28-15-18-29(19-16-28)44-35(49)31-10-7-21-46(31)38(51)40(41,42)43/h11-16,18-19,24,26,30-34,37,48H,5-10,17,20-23H2,1-4H3,(H,44,49)(H,45,50)/t24-,26+,30+,31-,32+,33+,34+,37+/m0/s1. The molecule has 3 saturated heterocycles. The van der Waals surface area contributed by atoms with Crippen LogP contribution in [0.15, 0.2) is 48.5 Å². The normalized spacial score (nSPS) is 29.7. The highest BCUT2D eigenvalue weighted by Gasteiger charge is 2.48. The van der Waals surface area contributed by atoms with Crippen LogP contribution >= 0.6 is 0 Å². The minimum atomic E-state index is -5.05. The number of ether oxygens (including phenoxy) is 2. The van der Waals surface area contributed by atoms with Crippen molar-refractivity contribution in [2.45, 2.75) is 134 Å². The Hall–Kier alpha value is -3.52. The van der Waals surface area contributed by atoms with E-state index in [0.29, 0.717) is 35.0 Å². The van der Waals surface area contributed by atoms with Gasteiger partial charge in [-0.1, -0.05) is 56.2 Å². The molecule has 13 heteroatoms. The van der Waals surface area contributed by atoms with E-state index in [1.165, 1.54) is 6.42 Å². The predicted molar refractivity (Wildman–Crippen MR) is 192 cm³/mol. The van der Waals surface area contributed by atoms with Gasteiger partial charge in [-0.2, -0.15) is 13.2 Å². The Bertz CT molecular complexity index is 1600. The number of likely N-dealkylation sites (tertiary alicyclic amines) is 2. The van der Waals surface area contributed by atoms with Gasteiger partial charge in [-0.3, -0.25) is 19.3 Å². The first-order valence-electron chi connectivity index (χ1n) is 19.0. The van der Waals surface area contributed by atoms with Crippen LogP contribution in [-0.4, -0.2) is 81.7 Å². The Morgan fingerprint density at radius 3 is 2.17 bits per heavy atom. The largest absolute Gasteiger partial charge is 0.471 e. The predicted octanol–water partition coefficient (Wildman–Crippen LogP) is 6.40. The minimum absolute atomic E-state index is 0.0371. The van der Waals surface area contributed by atoms with Crippen LogP contribution < -0.4 is 10.6 Å². The molecule has 1 saturated carbocycles. The van der Waals surface area contributed by atoms with Gasteiger partial charge >= 0.3 is 12.1 Å². The molecular weight excluding hydrogens is 689 g/mol. The average molecular weight is 743 g/mol. The lowest BCUT2D eigenvalue weighted by Gasteiger charge is -2.51. The molecule has 0 aromatic heterocycles. The zero-order valence-electron chi connectivity index (χ0n) is 31.0. The van der Waals surface area contributed by atoms with E-state index >= 15 is 0 Å². The zero-order chi connectivity index (χ0) is 38.1. The highest BCUT2D eigenvalue weighted by atomic mass is 19.4. The second-order valence-electron chi connectivity index (χ2n) is 16.2. The molecule has 3 N–H and O–H groups in total. The fourth-order valence-electron chi connectivity index (χ4n) is 8.66. The number of carbonyl (C=O) groups is 3. The number of carbonyl (C=O) groups excluding carboxylic acids is 3. The molecule has 4 aliphatic rings. The summed E-state index contributed by atoms with van der Waals surface area (Å²) in [5.74, 6) is -2.22. The minimum Gasteiger partial charge on any atom is -0.392 e. The Morgan fingerprint density at radius 1 is 0.830 bits per heavy atom. The van der Waals surface area contributed by atoms with E-state index < -0.39 is 30.3 Å². The van der Waals surface area contributed by atoms with E-state index in [4.69, 9.17) is 9.47 Å². The summed E-state index contributed by atoms with van der Waals surface area (Å²) in [6, 6.07) is 13.3. The number of rotatable bonds is 8. The van der Waals surface area contributed by atoms with Gasteiger partial charge in [-0.05, 0) is 88.5 Å². The van der Waals surface area contributed by atoms with Crippen molar-refractivity contribution in [2.75, 3.05) is 18.4 Å². The van der Waals surface area contributed by atoms with Crippen LogP contribution in [0.25, 0.3) is 0 Å². The Kier molecular flexibility index (Phi) is 11.9. The summed E-state index contributed by atoms with van der Waals surface area (Å²) < 4.78 is 52.9. The molecule has 0 bridgehead atoms. The summed E-state index contributed by atoms with van der Waals surface area (Å²) in [7, 11) is 0. The molecule has 3 amide bonds. The summed E-state index contributed by atoms with van der Waals surface area (Å²) in [5, 5.41) is 15.6. The van der Waals surface area contributed by atoms with Crippen LogP contribution in [0.4, 0.5) is 18.9 Å². The van der Waals surface area contributed by atoms with Gasteiger partial charge in [0.15, 0.2) is 6.29 Å². The number of nitrogens with one attached hydrogen (secondary N) is 2. The lowest BCUT2D eigenvalue weighted by atomic mass is 9.75. The first-order valence-corrected chi connectivity index (χ1v) is 19.0. The van der Waals surface area contributed by atoms with Crippen molar-refractivity contribution < 1.29 is 42.1 Å². The van der Waals surface area contributed by atoms with Crippen LogP contribution in [0.1, 0.15) is 108 Å². The van der Waals surface area contributed by atoms with Gasteiger partial charge in [-0.15, -0.1) is 0 Å². The smallest absolute Gasteiger partial charge is 0.392 e. The number of alkyl halides is 3. The Balaban J connectivity index is 1.24. The summed E-state index contributed by atoms with van der Waals surface area (Å²) in [6.45, 7) is 8.43. The van der Waals surface area contributed by atoms with Gasteiger partial charge in [0.2, 0.25) is 11.8 Å². The average Bonchev–Trinajstić information content (AvgIpc) is 3.62. The van der Waals surface area contributed by atoms with Crippen molar-refractivity contribution in [2.24, 2.45) is 11.8 Å². The lowest BCUT2D eigenvalue weighted by molar-refractivity contribution is -0.278. The number of hydrogen-bond acceptors (Lipinski definition) is 7. The molecule has 0 unspecified atom stereocenters. The molecule has 1 aliphatic carbocycles. The number of amides is 3. The van der Waals surface area contributed by atoms with Gasteiger partial charge in [0.25, 0.3) is 0 Å². The van der Waals surface area contributed by atoms with Crippen molar-refractivity contribution in [1.82, 2.24) is 15.1 Å². The van der Waals surface area contributed by atoms with Crippen LogP contribution in [0.5, 0.6) is 0 Å². The van der Waals surface area contributed by atoms with E-state index in [9.17, 15) is 32.7 Å². The monoisotopic (exact) mass is 742 g/mol. The summed E-state index contributed by atoms with van der Waals surface area (Å²) in [6.07, 6.45) is 0.229. The highest BCUT2D eigenvalue weighted by molar-refractivity contribution is 5.98. The molecule has 2 aromatic rings. The van der Waals surface area contributed by atoms with E-state index in [2.05, 4.69) is 22.5 Å². The van der Waals surface area contributed by atoms with E-state index in [1.807, 2.05) is 45.0 Å². The number of aliphatic hydroxyl groups is 1. The third-order valence-electron chi connectivity index (χ3n) is 11.3. The summed E-state index contributed by atoms with van der Waals surface area (Å²) in [5.41, 5.74) is 2.40. The van der Waals surface area contributed by atoms with Crippen LogP contribution in [0.3, 0.4) is 0 Å². The molecule has 4 fully saturated rings. The van der Waals surface area contributed by atoms with E-state index in [0.717, 1.165) is 43.2 Å².